The van der Waals surface area contributed by atoms with Crippen LogP contribution >= 0.6 is 0 Å². The first-order valence-electron chi connectivity index (χ1n) is 10.3. The number of hydrogen-bond acceptors (Lipinski definition) is 3. The van der Waals surface area contributed by atoms with E-state index in [-0.39, 0.29) is 6.04 Å². The van der Waals surface area contributed by atoms with Crippen molar-refractivity contribution in [3.05, 3.63) is 58.8 Å². The van der Waals surface area contributed by atoms with Gasteiger partial charge in [-0.15, -0.1) is 0 Å². The summed E-state index contributed by atoms with van der Waals surface area (Å²) in [6.45, 7) is 8.83. The first kappa shape index (κ1) is 19.9. The number of benzene rings is 2. The Kier molecular flexibility index (Phi) is 5.11. The molecule has 154 valence electrons. The summed E-state index contributed by atoms with van der Waals surface area (Å²) in [5.41, 5.74) is 4.60. The zero-order valence-electron chi connectivity index (χ0n) is 17.9. The lowest BCUT2D eigenvalue weighted by molar-refractivity contribution is 0.0991. The Morgan fingerprint density at radius 1 is 1.24 bits per heavy atom. The molecular weight excluding hydrogens is 365 g/mol. The van der Waals surface area contributed by atoms with Gasteiger partial charge >= 0.3 is 0 Å². The molecule has 0 amide bonds. The van der Waals surface area contributed by atoms with Crippen molar-refractivity contribution in [2.24, 2.45) is 0 Å². The van der Waals surface area contributed by atoms with Crippen molar-refractivity contribution in [1.29, 1.82) is 0 Å². The number of nitrogens with zero attached hydrogens (tertiary/aromatic N) is 2. The fourth-order valence-corrected chi connectivity index (χ4v) is 4.54. The van der Waals surface area contributed by atoms with Crippen LogP contribution in [0.2, 0.25) is 0 Å². The molecule has 1 N–H and O–H groups in total. The summed E-state index contributed by atoms with van der Waals surface area (Å²) in [4.78, 5) is 2.25. The van der Waals surface area contributed by atoms with Crippen LogP contribution in [0.3, 0.4) is 0 Å². The highest BCUT2D eigenvalue weighted by Gasteiger charge is 2.35. The summed E-state index contributed by atoms with van der Waals surface area (Å²) >= 11 is 0. The van der Waals surface area contributed by atoms with Crippen LogP contribution in [0.4, 0.5) is 4.39 Å². The van der Waals surface area contributed by atoms with E-state index in [1.54, 1.807) is 21.0 Å². The molecule has 5 heteroatoms. The lowest BCUT2D eigenvalue weighted by Gasteiger charge is -2.40. The molecule has 1 aliphatic heterocycles. The number of H-pyrrole nitrogens is 1. The summed E-state index contributed by atoms with van der Waals surface area (Å²) < 4.78 is 20.5. The zero-order chi connectivity index (χ0) is 20.8. The lowest BCUT2D eigenvalue weighted by atomic mass is 9.84. The highest BCUT2D eigenvalue weighted by Crippen LogP contribution is 2.42. The van der Waals surface area contributed by atoms with Crippen LogP contribution in [0.15, 0.2) is 36.5 Å². The van der Waals surface area contributed by atoms with Crippen molar-refractivity contribution in [1.82, 2.24) is 15.1 Å². The quantitative estimate of drug-likeness (QED) is 0.630. The number of nitrogens with one attached hydrogen (secondary N) is 1. The normalized spacial score (nSPS) is 17.7. The minimum absolute atomic E-state index is 0.0516. The summed E-state index contributed by atoms with van der Waals surface area (Å²) in [6, 6.07) is 10.6. The topological polar surface area (TPSA) is 41.1 Å². The van der Waals surface area contributed by atoms with E-state index in [0.29, 0.717) is 12.5 Å². The maximum Gasteiger partial charge on any atom is 0.124 e. The van der Waals surface area contributed by atoms with Gasteiger partial charge in [0.15, 0.2) is 0 Å². The Labute approximate surface area is 172 Å². The number of methoxy groups -OCH3 is 1. The molecule has 4 nitrogen and oxygen atoms in total. The molecule has 0 saturated heterocycles. The van der Waals surface area contributed by atoms with Crippen LogP contribution in [-0.4, -0.2) is 41.0 Å². The smallest absolute Gasteiger partial charge is 0.124 e. The number of aromatic amines is 1. The van der Waals surface area contributed by atoms with E-state index in [2.05, 4.69) is 59.3 Å². The minimum Gasteiger partial charge on any atom is -0.496 e. The standard InChI is InChI=1S/C24H30FN3O/c1-15(2)16-6-7-19(22(12-16)29-5)23-18-8-9-21-20(13-26-27-21)17(18)10-11-28(23)14-24(3,4)25/h6-9,12-13,15,23H,10-11,14H2,1-5H3,(H,26,27). The number of alkyl halides is 1. The zero-order valence-corrected chi connectivity index (χ0v) is 17.9. The molecule has 1 aromatic heterocycles. The second-order valence-corrected chi connectivity index (χ2v) is 8.96. The molecule has 0 bridgehead atoms. The average Bonchev–Trinajstić information content (AvgIpc) is 3.15. The summed E-state index contributed by atoms with van der Waals surface area (Å²) in [6.07, 6.45) is 2.78. The third-order valence-corrected chi connectivity index (χ3v) is 5.88. The largest absolute Gasteiger partial charge is 0.496 e. The van der Waals surface area contributed by atoms with Gasteiger partial charge in [-0.1, -0.05) is 32.0 Å². The fraction of sp³-hybridized carbons (Fsp3) is 0.458. The molecule has 2 aromatic carbocycles. The molecule has 1 aliphatic rings. The van der Waals surface area contributed by atoms with Crippen molar-refractivity contribution in [2.75, 3.05) is 20.2 Å². The summed E-state index contributed by atoms with van der Waals surface area (Å²) in [7, 11) is 1.72. The van der Waals surface area contributed by atoms with Gasteiger partial charge < -0.3 is 4.74 Å². The highest BCUT2D eigenvalue weighted by atomic mass is 19.1. The van der Waals surface area contributed by atoms with Gasteiger partial charge in [0.05, 0.1) is 24.9 Å². The Hall–Kier alpha value is -2.40. The molecule has 2 heterocycles. The molecule has 0 saturated carbocycles. The van der Waals surface area contributed by atoms with Crippen LogP contribution in [0.25, 0.3) is 10.9 Å². The molecule has 3 aromatic rings. The first-order chi connectivity index (χ1) is 13.8. The van der Waals surface area contributed by atoms with Crippen molar-refractivity contribution in [3.63, 3.8) is 0 Å². The second-order valence-electron chi connectivity index (χ2n) is 8.96. The van der Waals surface area contributed by atoms with Crippen LogP contribution in [-0.2, 0) is 6.42 Å². The Balaban J connectivity index is 1.89. The van der Waals surface area contributed by atoms with E-state index >= 15 is 0 Å². The number of rotatable bonds is 5. The van der Waals surface area contributed by atoms with Crippen LogP contribution in [0.1, 0.15) is 61.9 Å². The summed E-state index contributed by atoms with van der Waals surface area (Å²) in [5.74, 6) is 1.28. The van der Waals surface area contributed by atoms with Gasteiger partial charge in [0.2, 0.25) is 0 Å². The van der Waals surface area contributed by atoms with Gasteiger partial charge in [-0.25, -0.2) is 4.39 Å². The van der Waals surface area contributed by atoms with Gasteiger partial charge in [-0.2, -0.15) is 5.10 Å². The Morgan fingerprint density at radius 2 is 2.00 bits per heavy atom. The number of fused-ring (bicyclic) bond motifs is 3. The van der Waals surface area contributed by atoms with E-state index in [4.69, 9.17) is 4.74 Å². The SMILES string of the molecule is COc1cc(C(C)C)ccc1C1c2ccc3[nH]ncc3c2CCN1CC(C)(C)F. The molecule has 1 unspecified atom stereocenters. The third-order valence-electron chi connectivity index (χ3n) is 5.88. The highest BCUT2D eigenvalue weighted by molar-refractivity contribution is 5.83. The molecule has 0 fully saturated rings. The molecule has 0 aliphatic carbocycles. The predicted octanol–water partition coefficient (Wildman–Crippen LogP) is 5.39. The molecule has 29 heavy (non-hydrogen) atoms. The fourth-order valence-electron chi connectivity index (χ4n) is 4.54. The molecule has 1 atom stereocenters. The van der Waals surface area contributed by atoms with Crippen molar-refractivity contribution in [3.8, 4) is 5.75 Å². The monoisotopic (exact) mass is 395 g/mol. The van der Waals surface area contributed by atoms with Gasteiger partial charge in [-0.05, 0) is 55.0 Å². The molecule has 4 rings (SSSR count). The Morgan fingerprint density at radius 3 is 2.69 bits per heavy atom. The maximum absolute atomic E-state index is 14.7. The number of halogens is 1. The van der Waals surface area contributed by atoms with Crippen molar-refractivity contribution < 1.29 is 9.13 Å². The van der Waals surface area contributed by atoms with Crippen LogP contribution < -0.4 is 4.74 Å². The van der Waals surface area contributed by atoms with Gasteiger partial charge in [-0.3, -0.25) is 10.00 Å². The van der Waals surface area contributed by atoms with Gasteiger partial charge in [0, 0.05) is 24.0 Å². The predicted molar refractivity (Wildman–Crippen MR) is 115 cm³/mol. The van der Waals surface area contributed by atoms with Crippen molar-refractivity contribution in [2.45, 2.75) is 51.7 Å². The number of ether oxygens (including phenoxy) is 1. The average molecular weight is 396 g/mol. The number of hydrogen-bond donors (Lipinski definition) is 1. The minimum atomic E-state index is -1.28. The van der Waals surface area contributed by atoms with Gasteiger partial charge in [0.1, 0.15) is 11.4 Å². The van der Waals surface area contributed by atoms with E-state index in [0.717, 1.165) is 35.2 Å². The number of aromatic nitrogens is 2. The molecular formula is C24H30FN3O. The van der Waals surface area contributed by atoms with Crippen LogP contribution in [0, 0.1) is 0 Å². The van der Waals surface area contributed by atoms with E-state index in [1.807, 2.05) is 6.20 Å². The molecule has 0 radical (unpaired) electrons. The van der Waals surface area contributed by atoms with E-state index < -0.39 is 5.67 Å². The summed E-state index contributed by atoms with van der Waals surface area (Å²) in [5, 5.41) is 8.45. The van der Waals surface area contributed by atoms with Crippen LogP contribution in [0.5, 0.6) is 5.75 Å². The second kappa shape index (κ2) is 7.45. The van der Waals surface area contributed by atoms with E-state index in [9.17, 15) is 4.39 Å². The maximum atomic E-state index is 14.7. The molecule has 0 spiro atoms. The Bertz CT molecular complexity index is 1020. The first-order valence-corrected chi connectivity index (χ1v) is 10.3. The lowest BCUT2D eigenvalue weighted by Crippen LogP contribution is -2.43. The van der Waals surface area contributed by atoms with E-state index in [1.165, 1.54) is 16.7 Å². The van der Waals surface area contributed by atoms with Gasteiger partial charge in [0.25, 0.3) is 0 Å². The van der Waals surface area contributed by atoms with Crippen molar-refractivity contribution >= 4 is 10.9 Å². The third kappa shape index (κ3) is 3.76.